The number of hydrogen-bond donors (Lipinski definition) is 2. The molecule has 0 fully saturated rings. The first-order chi connectivity index (χ1) is 17.1. The van der Waals surface area contributed by atoms with Gasteiger partial charge in [0.15, 0.2) is 5.76 Å². The fraction of sp³-hybridized carbons (Fsp3) is 0.0370. The summed E-state index contributed by atoms with van der Waals surface area (Å²) in [5.74, 6) is -0.709. The number of nitrogens with zero attached hydrogens (tertiary/aromatic N) is 1. The standard InChI is InChI=1S/C27H21N3O5/c31-25(17-19-7-2-1-3-8-19)35-23-10-5-4-9-21(23)18-28-30-26(32)20-12-14-22(15-13-20)29-27(33)24-11-6-16-34-24/h1-16,18H,17H2,(H,29,33)(H,30,32)/b28-18-. The quantitative estimate of drug-likeness (QED) is 0.172. The molecule has 0 atom stereocenters. The highest BCUT2D eigenvalue weighted by Crippen LogP contribution is 2.17. The molecular formula is C27H21N3O5. The van der Waals surface area contributed by atoms with Gasteiger partial charge < -0.3 is 14.5 Å². The van der Waals surface area contributed by atoms with Crippen LogP contribution in [0.4, 0.5) is 5.69 Å². The van der Waals surface area contributed by atoms with E-state index >= 15 is 0 Å². The van der Waals surface area contributed by atoms with Gasteiger partial charge in [0, 0.05) is 16.8 Å². The van der Waals surface area contributed by atoms with E-state index in [0.29, 0.717) is 22.6 Å². The Balaban J connectivity index is 1.33. The summed E-state index contributed by atoms with van der Waals surface area (Å²) in [4.78, 5) is 36.7. The van der Waals surface area contributed by atoms with E-state index < -0.39 is 11.9 Å². The number of furan rings is 1. The van der Waals surface area contributed by atoms with Crippen LogP contribution in [0.15, 0.2) is 107 Å². The molecule has 35 heavy (non-hydrogen) atoms. The number of nitrogens with one attached hydrogen (secondary N) is 2. The normalized spacial score (nSPS) is 10.6. The lowest BCUT2D eigenvalue weighted by Gasteiger charge is -2.07. The minimum absolute atomic E-state index is 0.140. The molecule has 0 saturated carbocycles. The maximum atomic E-state index is 12.4. The zero-order valence-electron chi connectivity index (χ0n) is 18.5. The van der Waals surface area contributed by atoms with Gasteiger partial charge >= 0.3 is 5.97 Å². The van der Waals surface area contributed by atoms with E-state index in [0.717, 1.165) is 5.56 Å². The zero-order chi connectivity index (χ0) is 24.5. The van der Waals surface area contributed by atoms with Crippen molar-refractivity contribution >= 4 is 29.7 Å². The maximum Gasteiger partial charge on any atom is 0.315 e. The maximum absolute atomic E-state index is 12.4. The zero-order valence-corrected chi connectivity index (χ0v) is 18.5. The minimum atomic E-state index is -0.441. The van der Waals surface area contributed by atoms with Crippen molar-refractivity contribution in [2.45, 2.75) is 6.42 Å². The molecule has 8 heteroatoms. The van der Waals surface area contributed by atoms with E-state index in [1.54, 1.807) is 60.7 Å². The summed E-state index contributed by atoms with van der Waals surface area (Å²) in [6.07, 6.45) is 2.96. The topological polar surface area (TPSA) is 110 Å². The van der Waals surface area contributed by atoms with Crippen molar-refractivity contribution in [2.75, 3.05) is 5.32 Å². The fourth-order valence-electron chi connectivity index (χ4n) is 3.13. The SMILES string of the molecule is O=C(Cc1ccccc1)Oc1ccccc1/C=N\NC(=O)c1ccc(NC(=O)c2ccco2)cc1. The van der Waals surface area contributed by atoms with E-state index in [2.05, 4.69) is 15.8 Å². The van der Waals surface area contributed by atoms with Crippen LogP contribution in [0.3, 0.4) is 0 Å². The third kappa shape index (κ3) is 6.52. The first-order valence-corrected chi connectivity index (χ1v) is 10.7. The van der Waals surface area contributed by atoms with Crippen molar-refractivity contribution in [3.05, 3.63) is 120 Å². The van der Waals surface area contributed by atoms with E-state index in [-0.39, 0.29) is 18.1 Å². The smallest absolute Gasteiger partial charge is 0.315 e. The number of carbonyl (C=O) groups excluding carboxylic acids is 3. The van der Waals surface area contributed by atoms with Gasteiger partial charge in [0.25, 0.3) is 11.8 Å². The van der Waals surface area contributed by atoms with Gasteiger partial charge in [-0.3, -0.25) is 14.4 Å². The first-order valence-electron chi connectivity index (χ1n) is 10.7. The summed E-state index contributed by atoms with van der Waals surface area (Å²) in [6, 6.07) is 25.7. The largest absolute Gasteiger partial charge is 0.459 e. The van der Waals surface area contributed by atoms with Crippen LogP contribution >= 0.6 is 0 Å². The lowest BCUT2D eigenvalue weighted by Crippen LogP contribution is -2.18. The summed E-state index contributed by atoms with van der Waals surface area (Å²) in [6.45, 7) is 0. The van der Waals surface area contributed by atoms with Crippen molar-refractivity contribution in [3.63, 3.8) is 0 Å². The molecule has 4 rings (SSSR count). The van der Waals surface area contributed by atoms with Crippen LogP contribution in [0.25, 0.3) is 0 Å². The predicted octanol–water partition coefficient (Wildman–Crippen LogP) is 4.44. The Labute approximate surface area is 201 Å². The molecule has 0 unspecified atom stereocenters. The average Bonchev–Trinajstić information content (AvgIpc) is 3.41. The van der Waals surface area contributed by atoms with Crippen molar-refractivity contribution in [1.82, 2.24) is 5.43 Å². The Kier molecular flexibility index (Phi) is 7.45. The second kappa shape index (κ2) is 11.2. The molecule has 174 valence electrons. The molecule has 1 heterocycles. The number of hydrogen-bond acceptors (Lipinski definition) is 6. The van der Waals surface area contributed by atoms with Crippen molar-refractivity contribution in [2.24, 2.45) is 5.10 Å². The molecule has 0 bridgehead atoms. The summed E-state index contributed by atoms with van der Waals surface area (Å²) in [5, 5.41) is 6.65. The van der Waals surface area contributed by atoms with Gasteiger partial charge in [-0.1, -0.05) is 42.5 Å². The first kappa shape index (κ1) is 23.2. The average molecular weight is 467 g/mol. The van der Waals surface area contributed by atoms with Gasteiger partial charge in [-0.2, -0.15) is 5.10 Å². The van der Waals surface area contributed by atoms with E-state index in [1.807, 2.05) is 30.3 Å². The number of esters is 1. The number of carbonyl (C=O) groups is 3. The molecule has 0 radical (unpaired) electrons. The Morgan fingerprint density at radius 2 is 1.57 bits per heavy atom. The Morgan fingerprint density at radius 3 is 2.31 bits per heavy atom. The van der Waals surface area contributed by atoms with Gasteiger partial charge in [0.05, 0.1) is 18.9 Å². The van der Waals surface area contributed by atoms with Crippen LogP contribution in [0, 0.1) is 0 Å². The van der Waals surface area contributed by atoms with Crippen LogP contribution in [0.2, 0.25) is 0 Å². The number of rotatable bonds is 8. The summed E-state index contributed by atoms with van der Waals surface area (Å²) < 4.78 is 10.5. The molecule has 0 saturated heterocycles. The van der Waals surface area contributed by atoms with Gasteiger partial charge in [-0.05, 0) is 54.1 Å². The predicted molar refractivity (Wildman–Crippen MR) is 130 cm³/mol. The monoisotopic (exact) mass is 467 g/mol. The molecule has 2 N–H and O–H groups in total. The Hall–Kier alpha value is -4.98. The molecular weight excluding hydrogens is 446 g/mol. The summed E-state index contributed by atoms with van der Waals surface area (Å²) in [7, 11) is 0. The van der Waals surface area contributed by atoms with Crippen LogP contribution in [0.1, 0.15) is 32.0 Å². The molecule has 0 aliphatic rings. The molecule has 0 aliphatic carbocycles. The van der Waals surface area contributed by atoms with Crippen molar-refractivity contribution in [1.29, 1.82) is 0 Å². The second-order valence-corrected chi connectivity index (χ2v) is 7.38. The summed E-state index contributed by atoms with van der Waals surface area (Å²) in [5.41, 5.74) is 4.68. The van der Waals surface area contributed by atoms with Crippen LogP contribution in [-0.4, -0.2) is 24.0 Å². The van der Waals surface area contributed by atoms with Gasteiger partial charge in [-0.25, -0.2) is 5.43 Å². The minimum Gasteiger partial charge on any atom is -0.459 e. The van der Waals surface area contributed by atoms with E-state index in [4.69, 9.17) is 9.15 Å². The van der Waals surface area contributed by atoms with E-state index in [9.17, 15) is 14.4 Å². The Bertz CT molecular complexity index is 1330. The number of amides is 2. The molecule has 1 aromatic heterocycles. The molecule has 2 amide bonds. The second-order valence-electron chi connectivity index (χ2n) is 7.38. The van der Waals surface area contributed by atoms with Crippen molar-refractivity contribution in [3.8, 4) is 5.75 Å². The summed E-state index contributed by atoms with van der Waals surface area (Å²) >= 11 is 0. The van der Waals surface area contributed by atoms with Gasteiger partial charge in [0.1, 0.15) is 5.75 Å². The number of hydrazone groups is 1. The molecule has 0 aliphatic heterocycles. The highest BCUT2D eigenvalue weighted by Gasteiger charge is 2.11. The lowest BCUT2D eigenvalue weighted by molar-refractivity contribution is -0.133. The fourth-order valence-corrected chi connectivity index (χ4v) is 3.13. The number of anilines is 1. The van der Waals surface area contributed by atoms with Crippen molar-refractivity contribution < 1.29 is 23.5 Å². The molecule has 8 nitrogen and oxygen atoms in total. The molecule has 3 aromatic carbocycles. The number of ether oxygens (including phenoxy) is 1. The third-order valence-corrected chi connectivity index (χ3v) is 4.85. The molecule has 4 aromatic rings. The van der Waals surface area contributed by atoms with Crippen LogP contribution in [0.5, 0.6) is 5.75 Å². The highest BCUT2D eigenvalue weighted by molar-refractivity contribution is 6.02. The number of para-hydroxylation sites is 1. The van der Waals surface area contributed by atoms with Crippen LogP contribution in [-0.2, 0) is 11.2 Å². The third-order valence-electron chi connectivity index (χ3n) is 4.85. The van der Waals surface area contributed by atoms with Gasteiger partial charge in [-0.15, -0.1) is 0 Å². The van der Waals surface area contributed by atoms with E-state index in [1.165, 1.54) is 12.5 Å². The van der Waals surface area contributed by atoms with Crippen LogP contribution < -0.4 is 15.5 Å². The van der Waals surface area contributed by atoms with Gasteiger partial charge in [0.2, 0.25) is 0 Å². The Morgan fingerprint density at radius 1 is 0.829 bits per heavy atom. The lowest BCUT2D eigenvalue weighted by atomic mass is 10.1. The number of benzene rings is 3. The molecule has 0 spiro atoms. The highest BCUT2D eigenvalue weighted by atomic mass is 16.5.